The Kier molecular flexibility index (Phi) is 8.49. The Hall–Kier alpha value is -2.24. The van der Waals surface area contributed by atoms with Gasteiger partial charge in [0.1, 0.15) is 5.56 Å². The molecule has 0 aliphatic carbocycles. The number of carboxylic acids is 1. The van der Waals surface area contributed by atoms with Crippen LogP contribution in [0.25, 0.3) is 0 Å². The van der Waals surface area contributed by atoms with Crippen LogP contribution in [0.3, 0.4) is 0 Å². The molecule has 0 aliphatic rings. The second-order valence-electron chi connectivity index (χ2n) is 4.91. The molecule has 0 heterocycles. The molecule has 0 fully saturated rings. The second kappa shape index (κ2) is 10.5. The number of nitrogens with one attached hydrogen (secondary N) is 1. The number of carboxylic acid groups (broad SMARTS) is 1. The van der Waals surface area contributed by atoms with Gasteiger partial charge in [0.2, 0.25) is 0 Å². The van der Waals surface area contributed by atoms with E-state index in [1.54, 1.807) is 12.1 Å². The van der Waals surface area contributed by atoms with Crippen molar-refractivity contribution < 1.29 is 24.3 Å². The van der Waals surface area contributed by atoms with Crippen LogP contribution in [0.4, 0.5) is 4.79 Å². The number of aromatic carboxylic acids is 1. The largest absolute Gasteiger partial charge is 0.478 e. The van der Waals surface area contributed by atoms with E-state index in [2.05, 4.69) is 12.4 Å². The molecule has 0 spiro atoms. The average Bonchev–Trinajstić information content (AvgIpc) is 2.52. The highest BCUT2D eigenvalue weighted by Gasteiger charge is 2.12. The van der Waals surface area contributed by atoms with Crippen LogP contribution in [0.15, 0.2) is 24.3 Å². The Morgan fingerprint density at radius 2 is 1.77 bits per heavy atom. The number of para-hydroxylation sites is 1. The highest BCUT2D eigenvalue weighted by atomic mass is 16.7. The number of hydrogen-bond donors (Lipinski definition) is 2. The van der Waals surface area contributed by atoms with Crippen LogP contribution >= 0.6 is 0 Å². The zero-order chi connectivity index (χ0) is 16.2. The quantitative estimate of drug-likeness (QED) is 0.507. The molecule has 6 heteroatoms. The lowest BCUT2D eigenvalue weighted by atomic mass is 10.1. The summed E-state index contributed by atoms with van der Waals surface area (Å²) in [5.74, 6) is -1.07. The van der Waals surface area contributed by atoms with Crippen molar-refractivity contribution in [3.63, 3.8) is 0 Å². The van der Waals surface area contributed by atoms with E-state index in [4.69, 9.17) is 14.7 Å². The van der Waals surface area contributed by atoms with Gasteiger partial charge in [-0.1, -0.05) is 51.2 Å². The first-order chi connectivity index (χ1) is 10.6. The summed E-state index contributed by atoms with van der Waals surface area (Å²) in [6, 6.07) is 6.04. The van der Waals surface area contributed by atoms with Crippen LogP contribution in [0.2, 0.25) is 0 Å². The van der Waals surface area contributed by atoms with Crippen LogP contribution < -0.4 is 10.3 Å². The van der Waals surface area contributed by atoms with E-state index < -0.39 is 12.1 Å². The van der Waals surface area contributed by atoms with Gasteiger partial charge < -0.3 is 14.7 Å². The molecular formula is C16H23NO5. The molecule has 0 bridgehead atoms. The van der Waals surface area contributed by atoms with Crippen molar-refractivity contribution in [2.24, 2.45) is 0 Å². The van der Waals surface area contributed by atoms with Crippen LogP contribution in [0.1, 0.15) is 55.8 Å². The Balaban J connectivity index is 2.20. The van der Waals surface area contributed by atoms with Crippen molar-refractivity contribution in [3.8, 4) is 5.75 Å². The van der Waals surface area contributed by atoms with E-state index in [9.17, 15) is 9.59 Å². The summed E-state index contributed by atoms with van der Waals surface area (Å²) in [6.07, 6.45) is 5.89. The summed E-state index contributed by atoms with van der Waals surface area (Å²) >= 11 is 0. The number of carbonyl (C=O) groups is 2. The molecule has 0 aliphatic heterocycles. The van der Waals surface area contributed by atoms with Gasteiger partial charge in [0.15, 0.2) is 5.75 Å². The fraction of sp³-hybridized carbons (Fsp3) is 0.500. The van der Waals surface area contributed by atoms with E-state index in [1.165, 1.54) is 31.4 Å². The van der Waals surface area contributed by atoms with Gasteiger partial charge in [0.05, 0.1) is 6.61 Å². The maximum Gasteiger partial charge on any atom is 0.440 e. The molecule has 22 heavy (non-hydrogen) atoms. The first-order valence-corrected chi connectivity index (χ1v) is 7.57. The van der Waals surface area contributed by atoms with Gasteiger partial charge in [0.25, 0.3) is 0 Å². The molecule has 1 rings (SSSR count). The Labute approximate surface area is 130 Å². The van der Waals surface area contributed by atoms with Gasteiger partial charge in [-0.05, 0) is 18.6 Å². The lowest BCUT2D eigenvalue weighted by molar-refractivity contribution is 0.0679. The lowest BCUT2D eigenvalue weighted by Gasteiger charge is -2.09. The molecule has 0 aromatic heterocycles. The van der Waals surface area contributed by atoms with Gasteiger partial charge in [-0.25, -0.2) is 9.59 Å². The predicted octanol–water partition coefficient (Wildman–Crippen LogP) is 3.77. The minimum atomic E-state index is -1.13. The van der Waals surface area contributed by atoms with Gasteiger partial charge in [0, 0.05) is 0 Å². The third-order valence-electron chi connectivity index (χ3n) is 3.09. The smallest absolute Gasteiger partial charge is 0.440 e. The molecule has 0 saturated heterocycles. The minimum absolute atomic E-state index is 0.0290. The average molecular weight is 309 g/mol. The molecule has 1 aromatic rings. The predicted molar refractivity (Wildman–Crippen MR) is 81.9 cm³/mol. The van der Waals surface area contributed by atoms with Crippen LogP contribution in [-0.2, 0) is 4.74 Å². The summed E-state index contributed by atoms with van der Waals surface area (Å²) in [4.78, 5) is 27.4. The molecule has 122 valence electrons. The first-order valence-electron chi connectivity index (χ1n) is 7.57. The number of hydroxylamine groups is 1. The number of hydrogen-bond acceptors (Lipinski definition) is 4. The Bertz CT molecular complexity index is 475. The Morgan fingerprint density at radius 1 is 1.09 bits per heavy atom. The molecule has 0 saturated carbocycles. The van der Waals surface area contributed by atoms with Gasteiger partial charge >= 0.3 is 12.1 Å². The monoisotopic (exact) mass is 309 g/mol. The highest BCUT2D eigenvalue weighted by molar-refractivity contribution is 5.90. The topological polar surface area (TPSA) is 84.9 Å². The summed E-state index contributed by atoms with van der Waals surface area (Å²) < 4.78 is 4.95. The lowest BCUT2D eigenvalue weighted by Crippen LogP contribution is -2.28. The normalized spacial score (nSPS) is 10.0. The van der Waals surface area contributed by atoms with E-state index in [0.29, 0.717) is 6.61 Å². The molecule has 6 nitrogen and oxygen atoms in total. The number of carbonyl (C=O) groups excluding carboxylic acids is 1. The summed E-state index contributed by atoms with van der Waals surface area (Å²) in [7, 11) is 0. The number of ether oxygens (including phenoxy) is 1. The number of benzene rings is 1. The fourth-order valence-electron chi connectivity index (χ4n) is 1.91. The van der Waals surface area contributed by atoms with E-state index in [0.717, 1.165) is 19.3 Å². The number of amides is 1. The van der Waals surface area contributed by atoms with Crippen molar-refractivity contribution in [2.75, 3.05) is 6.61 Å². The third-order valence-corrected chi connectivity index (χ3v) is 3.09. The SMILES string of the molecule is CCCCCCCCOC(=O)NOc1ccccc1C(=O)O. The van der Waals surface area contributed by atoms with Crippen LogP contribution in [0.5, 0.6) is 5.75 Å². The Morgan fingerprint density at radius 3 is 2.50 bits per heavy atom. The number of rotatable bonds is 10. The van der Waals surface area contributed by atoms with Crippen molar-refractivity contribution in [3.05, 3.63) is 29.8 Å². The van der Waals surface area contributed by atoms with E-state index >= 15 is 0 Å². The summed E-state index contributed by atoms with van der Waals surface area (Å²) in [5, 5.41) is 8.97. The summed E-state index contributed by atoms with van der Waals surface area (Å²) in [5.41, 5.74) is 2.05. The third kappa shape index (κ3) is 6.97. The van der Waals surface area contributed by atoms with Crippen molar-refractivity contribution in [1.82, 2.24) is 5.48 Å². The zero-order valence-electron chi connectivity index (χ0n) is 12.8. The summed E-state index contributed by atoms with van der Waals surface area (Å²) in [6.45, 7) is 2.48. The zero-order valence-corrected chi connectivity index (χ0v) is 12.8. The van der Waals surface area contributed by atoms with Crippen molar-refractivity contribution in [1.29, 1.82) is 0 Å². The molecular weight excluding hydrogens is 286 g/mol. The van der Waals surface area contributed by atoms with Gasteiger partial charge in [-0.15, -0.1) is 0 Å². The van der Waals surface area contributed by atoms with E-state index in [1.807, 2.05) is 0 Å². The molecule has 1 amide bonds. The molecule has 0 unspecified atom stereocenters. The molecule has 0 atom stereocenters. The maximum atomic E-state index is 11.4. The van der Waals surface area contributed by atoms with Gasteiger partial charge in [-0.3, -0.25) is 0 Å². The maximum absolute atomic E-state index is 11.4. The standard InChI is InChI=1S/C16H23NO5/c1-2-3-4-5-6-9-12-21-16(20)17-22-14-11-8-7-10-13(14)15(18)19/h7-8,10-11H,2-6,9,12H2,1H3,(H,17,20)(H,18,19). The second-order valence-corrected chi connectivity index (χ2v) is 4.91. The number of unbranched alkanes of at least 4 members (excludes halogenated alkanes) is 5. The highest BCUT2D eigenvalue weighted by Crippen LogP contribution is 2.16. The molecule has 2 N–H and O–H groups in total. The van der Waals surface area contributed by atoms with Crippen molar-refractivity contribution >= 4 is 12.1 Å². The van der Waals surface area contributed by atoms with E-state index in [-0.39, 0.29) is 11.3 Å². The molecule has 0 radical (unpaired) electrons. The van der Waals surface area contributed by atoms with Crippen LogP contribution in [0, 0.1) is 0 Å². The van der Waals surface area contributed by atoms with Gasteiger partial charge in [-0.2, -0.15) is 5.48 Å². The van der Waals surface area contributed by atoms with Crippen molar-refractivity contribution in [2.45, 2.75) is 45.4 Å². The fourth-order valence-corrected chi connectivity index (χ4v) is 1.91. The molecule has 1 aromatic carbocycles. The minimum Gasteiger partial charge on any atom is -0.478 e. The van der Waals surface area contributed by atoms with Crippen LogP contribution in [-0.4, -0.2) is 23.8 Å². The first kappa shape index (κ1) is 17.8.